The summed E-state index contributed by atoms with van der Waals surface area (Å²) < 4.78 is 13.0. The summed E-state index contributed by atoms with van der Waals surface area (Å²) in [6.45, 7) is 1.94. The summed E-state index contributed by atoms with van der Waals surface area (Å²) in [5, 5.41) is 12.3. The van der Waals surface area contributed by atoms with E-state index in [2.05, 4.69) is 26.2 Å². The van der Waals surface area contributed by atoms with E-state index >= 15 is 0 Å². The Bertz CT molecular complexity index is 1600. The van der Waals surface area contributed by atoms with Gasteiger partial charge in [-0.05, 0) is 73.7 Å². The van der Waals surface area contributed by atoms with Crippen molar-refractivity contribution in [3.63, 3.8) is 0 Å². The number of fused-ring (bicyclic) bond motifs is 1. The summed E-state index contributed by atoms with van der Waals surface area (Å²) in [4.78, 5) is 42.4. The summed E-state index contributed by atoms with van der Waals surface area (Å²) >= 11 is 3.36. The molecule has 37 heavy (non-hydrogen) atoms. The van der Waals surface area contributed by atoms with Gasteiger partial charge in [0.2, 0.25) is 5.88 Å². The van der Waals surface area contributed by atoms with Crippen molar-refractivity contribution in [2.75, 3.05) is 11.9 Å². The SMILES string of the molecule is CCOC(=O)c1ccc(NC(=O)/C(C#N)=C\c2c(Oc3ccc(Br)cc3)nc3ccccn3c2=O)cc1. The Labute approximate surface area is 219 Å². The zero-order valence-corrected chi connectivity index (χ0v) is 21.1. The first-order valence-corrected chi connectivity index (χ1v) is 11.8. The molecule has 1 amide bonds. The second-order valence-corrected chi connectivity index (χ2v) is 8.46. The van der Waals surface area contributed by atoms with E-state index in [0.717, 1.165) is 10.5 Å². The Hall–Kier alpha value is -4.75. The quantitative estimate of drug-likeness (QED) is 0.193. The Balaban J connectivity index is 1.69. The standard InChI is InChI=1S/C27H19BrN4O5/c1-2-36-27(35)17-6-10-20(11-7-17)30-24(33)18(16-29)15-22-25(37-21-12-8-19(28)9-13-21)31-23-5-3-4-14-32(23)26(22)34/h3-15H,2H2,1H3,(H,30,33)/b18-15-. The van der Waals surface area contributed by atoms with E-state index in [9.17, 15) is 19.6 Å². The van der Waals surface area contributed by atoms with Gasteiger partial charge in [0.1, 0.15) is 28.6 Å². The first-order valence-electron chi connectivity index (χ1n) is 11.0. The highest BCUT2D eigenvalue weighted by atomic mass is 79.9. The molecule has 0 radical (unpaired) electrons. The highest BCUT2D eigenvalue weighted by Gasteiger charge is 2.18. The van der Waals surface area contributed by atoms with Crippen LogP contribution in [-0.2, 0) is 9.53 Å². The molecular weight excluding hydrogens is 540 g/mol. The number of esters is 1. The number of amides is 1. The van der Waals surface area contributed by atoms with E-state index in [4.69, 9.17) is 9.47 Å². The van der Waals surface area contributed by atoms with Crippen LogP contribution in [0.1, 0.15) is 22.8 Å². The lowest BCUT2D eigenvalue weighted by Crippen LogP contribution is -2.20. The van der Waals surface area contributed by atoms with Crippen molar-refractivity contribution in [2.45, 2.75) is 6.92 Å². The number of carbonyl (C=O) groups excluding carboxylic acids is 2. The summed E-state index contributed by atoms with van der Waals surface area (Å²) in [6, 6.07) is 19.8. The van der Waals surface area contributed by atoms with Crippen LogP contribution in [0.4, 0.5) is 5.69 Å². The Morgan fingerprint density at radius 3 is 2.51 bits per heavy atom. The normalized spacial score (nSPS) is 11.0. The molecule has 0 bridgehead atoms. The molecule has 9 nitrogen and oxygen atoms in total. The number of nitrogens with one attached hydrogen (secondary N) is 1. The van der Waals surface area contributed by atoms with Gasteiger partial charge in [-0.25, -0.2) is 4.79 Å². The second-order valence-electron chi connectivity index (χ2n) is 7.54. The number of hydrogen-bond acceptors (Lipinski definition) is 7. The minimum absolute atomic E-state index is 0.0575. The average molecular weight is 559 g/mol. The average Bonchev–Trinajstić information content (AvgIpc) is 2.90. The van der Waals surface area contributed by atoms with E-state index in [1.807, 2.05) is 6.07 Å². The highest BCUT2D eigenvalue weighted by molar-refractivity contribution is 9.10. The van der Waals surface area contributed by atoms with Crippen LogP contribution in [0.25, 0.3) is 11.7 Å². The fourth-order valence-electron chi connectivity index (χ4n) is 3.29. The van der Waals surface area contributed by atoms with Crippen molar-refractivity contribution >= 4 is 45.2 Å². The largest absolute Gasteiger partial charge is 0.462 e. The smallest absolute Gasteiger partial charge is 0.338 e. The van der Waals surface area contributed by atoms with Gasteiger partial charge in [-0.15, -0.1) is 0 Å². The number of nitrogens with zero attached hydrogens (tertiary/aromatic N) is 3. The Morgan fingerprint density at radius 2 is 1.84 bits per heavy atom. The van der Waals surface area contributed by atoms with Crippen molar-refractivity contribution in [3.8, 4) is 17.7 Å². The third-order valence-corrected chi connectivity index (χ3v) is 5.60. The van der Waals surface area contributed by atoms with E-state index in [0.29, 0.717) is 22.6 Å². The fraction of sp³-hybridized carbons (Fsp3) is 0.0741. The van der Waals surface area contributed by atoms with E-state index < -0.39 is 17.4 Å². The van der Waals surface area contributed by atoms with Crippen LogP contribution in [0.3, 0.4) is 0 Å². The van der Waals surface area contributed by atoms with Gasteiger partial charge in [-0.3, -0.25) is 14.0 Å². The molecule has 4 rings (SSSR count). The maximum Gasteiger partial charge on any atom is 0.338 e. The van der Waals surface area contributed by atoms with E-state index in [-0.39, 0.29) is 23.6 Å². The van der Waals surface area contributed by atoms with Crippen LogP contribution in [0.5, 0.6) is 11.6 Å². The number of halogens is 1. The number of benzene rings is 2. The number of pyridine rings is 1. The number of ether oxygens (including phenoxy) is 2. The lowest BCUT2D eigenvalue weighted by molar-refractivity contribution is -0.112. The zero-order chi connectivity index (χ0) is 26.4. The monoisotopic (exact) mass is 558 g/mol. The third-order valence-electron chi connectivity index (χ3n) is 5.07. The molecule has 1 N–H and O–H groups in total. The number of aromatic nitrogens is 2. The Kier molecular flexibility index (Phi) is 7.76. The molecule has 0 saturated carbocycles. The number of hydrogen-bond donors (Lipinski definition) is 1. The van der Waals surface area contributed by atoms with Gasteiger partial charge in [0.05, 0.1) is 12.2 Å². The summed E-state index contributed by atoms with van der Waals surface area (Å²) in [5.41, 5.74) is 0.0686. The molecule has 0 spiro atoms. The number of rotatable bonds is 7. The predicted molar refractivity (Wildman–Crippen MR) is 140 cm³/mol. The van der Waals surface area contributed by atoms with Gasteiger partial charge in [-0.1, -0.05) is 22.0 Å². The third kappa shape index (κ3) is 5.91. The van der Waals surface area contributed by atoms with Crippen LogP contribution >= 0.6 is 15.9 Å². The van der Waals surface area contributed by atoms with E-state index in [1.54, 1.807) is 49.4 Å². The number of anilines is 1. The molecule has 0 aliphatic heterocycles. The maximum atomic E-state index is 13.3. The number of carbonyl (C=O) groups is 2. The van der Waals surface area contributed by atoms with Crippen molar-refractivity contribution in [1.29, 1.82) is 5.26 Å². The van der Waals surface area contributed by atoms with Crippen LogP contribution in [0.15, 0.2) is 87.8 Å². The summed E-state index contributed by atoms with van der Waals surface area (Å²) in [7, 11) is 0. The van der Waals surface area contributed by atoms with Crippen LogP contribution < -0.4 is 15.6 Å². The van der Waals surface area contributed by atoms with Gasteiger partial charge in [-0.2, -0.15) is 10.2 Å². The molecule has 2 heterocycles. The Morgan fingerprint density at radius 1 is 1.11 bits per heavy atom. The zero-order valence-electron chi connectivity index (χ0n) is 19.5. The van der Waals surface area contributed by atoms with Crippen LogP contribution in [0, 0.1) is 11.3 Å². The fourth-order valence-corrected chi connectivity index (χ4v) is 3.56. The van der Waals surface area contributed by atoms with Crippen molar-refractivity contribution < 1.29 is 19.1 Å². The van der Waals surface area contributed by atoms with E-state index in [1.165, 1.54) is 34.9 Å². The first-order chi connectivity index (χ1) is 17.9. The minimum Gasteiger partial charge on any atom is -0.462 e. The predicted octanol–water partition coefficient (Wildman–Crippen LogP) is 4.97. The molecule has 2 aromatic heterocycles. The summed E-state index contributed by atoms with van der Waals surface area (Å²) in [6.07, 6.45) is 2.67. The van der Waals surface area contributed by atoms with Gasteiger partial charge in [0.25, 0.3) is 11.5 Å². The molecule has 0 saturated heterocycles. The van der Waals surface area contributed by atoms with Crippen LogP contribution in [-0.4, -0.2) is 27.9 Å². The molecule has 4 aromatic rings. The highest BCUT2D eigenvalue weighted by Crippen LogP contribution is 2.25. The van der Waals surface area contributed by atoms with Gasteiger partial charge >= 0.3 is 5.97 Å². The van der Waals surface area contributed by atoms with Crippen molar-refractivity contribution in [2.24, 2.45) is 0 Å². The molecule has 0 unspecified atom stereocenters. The van der Waals surface area contributed by atoms with Gasteiger partial charge in [0.15, 0.2) is 0 Å². The van der Waals surface area contributed by atoms with Crippen molar-refractivity contribution in [3.05, 3.63) is 104 Å². The first kappa shape index (κ1) is 25.3. The number of nitriles is 1. The second kappa shape index (κ2) is 11.3. The molecule has 2 aromatic carbocycles. The minimum atomic E-state index is -0.751. The molecule has 0 aliphatic carbocycles. The summed E-state index contributed by atoms with van der Waals surface area (Å²) in [5.74, 6) is -0.883. The van der Waals surface area contributed by atoms with Gasteiger partial charge in [0, 0.05) is 16.4 Å². The maximum absolute atomic E-state index is 13.3. The topological polar surface area (TPSA) is 123 Å². The molecule has 10 heteroatoms. The molecular formula is C27H19BrN4O5. The lowest BCUT2D eigenvalue weighted by Gasteiger charge is -2.10. The van der Waals surface area contributed by atoms with Crippen molar-refractivity contribution in [1.82, 2.24) is 9.38 Å². The molecule has 0 aliphatic rings. The molecule has 0 atom stereocenters. The lowest BCUT2D eigenvalue weighted by atomic mass is 10.1. The molecule has 184 valence electrons. The van der Waals surface area contributed by atoms with Gasteiger partial charge < -0.3 is 14.8 Å². The van der Waals surface area contributed by atoms with Crippen LogP contribution in [0.2, 0.25) is 0 Å². The molecule has 0 fully saturated rings.